The highest BCUT2D eigenvalue weighted by molar-refractivity contribution is 5.83. The molecule has 22 heavy (non-hydrogen) atoms. The van der Waals surface area contributed by atoms with Gasteiger partial charge in [0.1, 0.15) is 0 Å². The number of carbonyl (C=O) groups is 1. The quantitative estimate of drug-likeness (QED) is 0.840. The van der Waals surface area contributed by atoms with E-state index in [1.165, 1.54) is 23.6 Å². The lowest BCUT2D eigenvalue weighted by molar-refractivity contribution is -0.148. The third-order valence-corrected chi connectivity index (χ3v) is 4.63. The fraction of sp³-hybridized carbons (Fsp3) is 0.471. The van der Waals surface area contributed by atoms with E-state index in [0.717, 1.165) is 25.9 Å². The molecule has 0 spiro atoms. The van der Waals surface area contributed by atoms with Crippen LogP contribution in [0, 0.1) is 5.92 Å². The monoisotopic (exact) mass is 301 g/mol. The van der Waals surface area contributed by atoms with E-state index < -0.39 is 0 Å². The lowest BCUT2D eigenvalue weighted by Crippen LogP contribution is -2.50. The van der Waals surface area contributed by atoms with Crippen LogP contribution in [0.1, 0.15) is 12.0 Å². The summed E-state index contributed by atoms with van der Waals surface area (Å²) in [6.07, 6.45) is 3.89. The third kappa shape index (κ3) is 3.00. The van der Waals surface area contributed by atoms with Crippen molar-refractivity contribution in [3.8, 4) is 0 Å². The highest BCUT2D eigenvalue weighted by Crippen LogP contribution is 2.21. The first-order valence-electron chi connectivity index (χ1n) is 7.80. The lowest BCUT2D eigenvalue weighted by atomic mass is 9.92. The molecular weight excluding hydrogens is 278 g/mol. The predicted molar refractivity (Wildman–Crippen MR) is 86.5 cm³/mol. The maximum absolute atomic E-state index is 11.8. The van der Waals surface area contributed by atoms with Crippen LogP contribution in [0.3, 0.4) is 0 Å². The third-order valence-electron chi connectivity index (χ3n) is 4.63. The van der Waals surface area contributed by atoms with Crippen molar-refractivity contribution in [3.05, 3.63) is 36.0 Å². The number of fused-ring (bicyclic) bond motifs is 1. The number of aromatic nitrogens is 1. The van der Waals surface area contributed by atoms with Gasteiger partial charge in [-0.3, -0.25) is 4.79 Å². The minimum absolute atomic E-state index is 0.0863. The molecule has 1 aliphatic rings. The zero-order valence-electron chi connectivity index (χ0n) is 12.9. The number of nitrogens with zero attached hydrogens (tertiary/aromatic N) is 1. The van der Waals surface area contributed by atoms with Crippen molar-refractivity contribution in [1.29, 1.82) is 0 Å². The standard InChI is InChI=1S/C17H23N3O2/c1-22-17(21)14-11-20(9-7-15(14)18)8-6-12-10-19-16-5-3-2-4-13(12)16/h2-5,10,14-15,19H,6-9,11,18H2,1H3/t14-,15-/m1/s1. The number of methoxy groups -OCH3 is 1. The fourth-order valence-electron chi connectivity index (χ4n) is 3.26. The molecule has 1 fully saturated rings. The topological polar surface area (TPSA) is 71.3 Å². The Morgan fingerprint density at radius 1 is 1.45 bits per heavy atom. The predicted octanol–water partition coefficient (Wildman–Crippen LogP) is 1.53. The highest BCUT2D eigenvalue weighted by Gasteiger charge is 2.32. The molecular formula is C17H23N3O2. The van der Waals surface area contributed by atoms with Crippen LogP contribution in [0.4, 0.5) is 0 Å². The first-order chi connectivity index (χ1) is 10.7. The summed E-state index contributed by atoms with van der Waals surface area (Å²) in [5, 5.41) is 1.28. The molecule has 1 aliphatic heterocycles. The number of H-pyrrole nitrogens is 1. The number of nitrogens with one attached hydrogen (secondary N) is 1. The Labute approximate surface area is 130 Å². The first-order valence-corrected chi connectivity index (χ1v) is 7.80. The molecule has 2 heterocycles. The summed E-state index contributed by atoms with van der Waals surface area (Å²) in [5.41, 5.74) is 8.54. The summed E-state index contributed by atoms with van der Waals surface area (Å²) in [5.74, 6) is -0.397. The van der Waals surface area contributed by atoms with E-state index in [2.05, 4.69) is 34.3 Å². The van der Waals surface area contributed by atoms with Gasteiger partial charge in [-0.15, -0.1) is 0 Å². The molecule has 0 amide bonds. The summed E-state index contributed by atoms with van der Waals surface area (Å²) in [4.78, 5) is 17.4. The SMILES string of the molecule is COC(=O)[C@@H]1CN(CCc2c[nH]c3ccccc23)CC[C@H]1N. The van der Waals surface area contributed by atoms with Gasteiger partial charge in [-0.1, -0.05) is 18.2 Å². The van der Waals surface area contributed by atoms with Crippen LogP contribution in [0.15, 0.2) is 30.5 Å². The first kappa shape index (κ1) is 15.1. The summed E-state index contributed by atoms with van der Waals surface area (Å²) < 4.78 is 4.87. The lowest BCUT2D eigenvalue weighted by Gasteiger charge is -2.35. The number of esters is 1. The number of ether oxygens (including phenoxy) is 1. The summed E-state index contributed by atoms with van der Waals surface area (Å²) in [6.45, 7) is 2.56. The average Bonchev–Trinajstić information content (AvgIpc) is 2.96. The van der Waals surface area contributed by atoms with Crippen LogP contribution in [0.2, 0.25) is 0 Å². The molecule has 1 saturated heterocycles. The van der Waals surface area contributed by atoms with E-state index in [1.807, 2.05) is 6.07 Å². The second-order valence-electron chi connectivity index (χ2n) is 5.99. The van der Waals surface area contributed by atoms with Crippen molar-refractivity contribution in [2.75, 3.05) is 26.7 Å². The molecule has 118 valence electrons. The second-order valence-corrected chi connectivity index (χ2v) is 5.99. The average molecular weight is 301 g/mol. The number of nitrogens with two attached hydrogens (primary N) is 1. The molecule has 0 saturated carbocycles. The Hall–Kier alpha value is -1.85. The van der Waals surface area contributed by atoms with Crippen molar-refractivity contribution in [2.24, 2.45) is 11.7 Å². The molecule has 0 radical (unpaired) electrons. The fourth-order valence-corrected chi connectivity index (χ4v) is 3.26. The number of hydrogen-bond donors (Lipinski definition) is 2. The minimum atomic E-state index is -0.207. The van der Waals surface area contributed by atoms with E-state index in [0.29, 0.717) is 6.54 Å². The molecule has 2 aromatic rings. The number of aromatic amines is 1. The minimum Gasteiger partial charge on any atom is -0.469 e. The smallest absolute Gasteiger partial charge is 0.311 e. The number of likely N-dealkylation sites (tertiary alicyclic amines) is 1. The van der Waals surface area contributed by atoms with Gasteiger partial charge in [-0.25, -0.2) is 0 Å². The van der Waals surface area contributed by atoms with Crippen molar-refractivity contribution >= 4 is 16.9 Å². The molecule has 1 aromatic carbocycles. The van der Waals surface area contributed by atoms with Gasteiger partial charge >= 0.3 is 5.97 Å². The van der Waals surface area contributed by atoms with Gasteiger partial charge in [0.2, 0.25) is 0 Å². The number of rotatable bonds is 4. The zero-order chi connectivity index (χ0) is 15.5. The summed E-state index contributed by atoms with van der Waals surface area (Å²) >= 11 is 0. The van der Waals surface area contributed by atoms with Crippen molar-refractivity contribution in [3.63, 3.8) is 0 Å². The van der Waals surface area contributed by atoms with Crippen molar-refractivity contribution in [2.45, 2.75) is 18.9 Å². The number of hydrogen-bond acceptors (Lipinski definition) is 4. The van der Waals surface area contributed by atoms with E-state index in [1.54, 1.807) is 0 Å². The normalized spacial score (nSPS) is 22.8. The number of carbonyl (C=O) groups excluding carboxylic acids is 1. The van der Waals surface area contributed by atoms with Gasteiger partial charge in [0, 0.05) is 36.2 Å². The molecule has 2 atom stereocenters. The van der Waals surface area contributed by atoms with Gasteiger partial charge < -0.3 is 20.4 Å². The molecule has 5 nitrogen and oxygen atoms in total. The molecule has 0 bridgehead atoms. The molecule has 0 aliphatic carbocycles. The molecule has 5 heteroatoms. The highest BCUT2D eigenvalue weighted by atomic mass is 16.5. The molecule has 0 unspecified atom stereocenters. The molecule has 3 rings (SSSR count). The maximum atomic E-state index is 11.8. The Morgan fingerprint density at radius 3 is 3.09 bits per heavy atom. The number of para-hydroxylation sites is 1. The van der Waals surface area contributed by atoms with Gasteiger partial charge in [0.05, 0.1) is 13.0 Å². The van der Waals surface area contributed by atoms with Crippen LogP contribution in [0.25, 0.3) is 10.9 Å². The summed E-state index contributed by atoms with van der Waals surface area (Å²) in [6, 6.07) is 8.25. The largest absolute Gasteiger partial charge is 0.469 e. The number of piperidine rings is 1. The van der Waals surface area contributed by atoms with Crippen LogP contribution in [-0.4, -0.2) is 48.6 Å². The van der Waals surface area contributed by atoms with Gasteiger partial charge in [0.25, 0.3) is 0 Å². The Bertz CT molecular complexity index is 652. The van der Waals surface area contributed by atoms with Crippen LogP contribution >= 0.6 is 0 Å². The molecule has 3 N–H and O–H groups in total. The van der Waals surface area contributed by atoms with E-state index in [9.17, 15) is 4.79 Å². The van der Waals surface area contributed by atoms with Gasteiger partial charge in [-0.05, 0) is 31.0 Å². The van der Waals surface area contributed by atoms with Crippen LogP contribution in [0.5, 0.6) is 0 Å². The zero-order valence-corrected chi connectivity index (χ0v) is 12.9. The number of benzene rings is 1. The van der Waals surface area contributed by atoms with Crippen molar-refractivity contribution in [1.82, 2.24) is 9.88 Å². The maximum Gasteiger partial charge on any atom is 0.311 e. The molecule has 1 aromatic heterocycles. The van der Waals surface area contributed by atoms with E-state index >= 15 is 0 Å². The van der Waals surface area contributed by atoms with Crippen molar-refractivity contribution < 1.29 is 9.53 Å². The Morgan fingerprint density at radius 2 is 2.27 bits per heavy atom. The summed E-state index contributed by atoms with van der Waals surface area (Å²) in [7, 11) is 1.43. The van der Waals surface area contributed by atoms with E-state index in [-0.39, 0.29) is 17.9 Å². The second kappa shape index (κ2) is 6.50. The van der Waals surface area contributed by atoms with Gasteiger partial charge in [0.15, 0.2) is 0 Å². The van der Waals surface area contributed by atoms with E-state index in [4.69, 9.17) is 10.5 Å². The Balaban J connectivity index is 1.63. The van der Waals surface area contributed by atoms with Crippen LogP contribution < -0.4 is 5.73 Å². The van der Waals surface area contributed by atoms with Gasteiger partial charge in [-0.2, -0.15) is 0 Å². The Kier molecular flexibility index (Phi) is 4.45. The van der Waals surface area contributed by atoms with Crippen LogP contribution in [-0.2, 0) is 16.0 Å².